The summed E-state index contributed by atoms with van der Waals surface area (Å²) in [7, 11) is -2.17. The molecule has 1 N–H and O–H groups in total. The molecule has 3 rings (SSSR count). The maximum atomic E-state index is 14.0. The molecule has 0 bridgehead atoms. The third-order valence-electron chi connectivity index (χ3n) is 5.25. The third-order valence-corrected chi connectivity index (χ3v) is 7.10. The summed E-state index contributed by atoms with van der Waals surface area (Å²) in [4.78, 5) is 15.6. The van der Waals surface area contributed by atoms with Crippen molar-refractivity contribution in [2.75, 3.05) is 0 Å². The van der Waals surface area contributed by atoms with Crippen LogP contribution in [0.4, 0.5) is 4.39 Å². The van der Waals surface area contributed by atoms with Crippen molar-refractivity contribution >= 4 is 26.7 Å². The number of carbonyl (C=O) groups is 1. The fourth-order valence-corrected chi connectivity index (χ4v) is 5.29. The number of aryl methyl sites for hydroxylation is 1. The molecular formula is C22H24FN3O4S. The molecular weight excluding hydrogens is 421 g/mol. The lowest BCUT2D eigenvalue weighted by atomic mass is 10.1. The molecule has 0 spiro atoms. The van der Waals surface area contributed by atoms with E-state index in [9.17, 15) is 22.7 Å². The van der Waals surface area contributed by atoms with Crippen LogP contribution in [-0.2, 0) is 34.6 Å². The van der Waals surface area contributed by atoms with Gasteiger partial charge in [0, 0.05) is 30.1 Å². The Hall–Kier alpha value is -3.20. The number of carboxylic acids is 1. The van der Waals surface area contributed by atoms with Crippen molar-refractivity contribution in [1.29, 1.82) is 0 Å². The Morgan fingerprint density at radius 2 is 2.00 bits per heavy atom. The second kappa shape index (κ2) is 8.50. The van der Waals surface area contributed by atoms with E-state index in [1.54, 1.807) is 43.0 Å². The number of hydrogen-bond donors (Lipinski definition) is 1. The summed E-state index contributed by atoms with van der Waals surface area (Å²) in [5.74, 6) is -1.48. The third kappa shape index (κ3) is 4.05. The number of benzene rings is 1. The van der Waals surface area contributed by atoms with Crippen LogP contribution in [-0.4, -0.2) is 33.6 Å². The number of fused-ring (bicyclic) bond motifs is 1. The van der Waals surface area contributed by atoms with Crippen LogP contribution in [0.15, 0.2) is 52.7 Å². The predicted octanol–water partition coefficient (Wildman–Crippen LogP) is 3.75. The number of halogens is 1. The molecule has 2 aromatic heterocycles. The lowest BCUT2D eigenvalue weighted by molar-refractivity contribution is -0.137. The molecule has 0 amide bonds. The predicted molar refractivity (Wildman–Crippen MR) is 116 cm³/mol. The molecule has 0 aliphatic rings. The Morgan fingerprint density at radius 3 is 2.61 bits per heavy atom. The molecule has 164 valence electrons. The molecule has 0 saturated carbocycles. The zero-order valence-electron chi connectivity index (χ0n) is 17.8. The van der Waals surface area contributed by atoms with Gasteiger partial charge in [0.1, 0.15) is 12.4 Å². The molecule has 0 saturated heterocycles. The first-order valence-corrected chi connectivity index (χ1v) is 11.1. The van der Waals surface area contributed by atoms with Crippen LogP contribution in [0.3, 0.4) is 0 Å². The minimum absolute atomic E-state index is 0.0730. The van der Waals surface area contributed by atoms with Gasteiger partial charge in [-0.15, -0.1) is 0 Å². The van der Waals surface area contributed by atoms with E-state index in [1.807, 2.05) is 0 Å². The first kappa shape index (κ1) is 22.5. The lowest BCUT2D eigenvalue weighted by Gasteiger charge is -2.09. The van der Waals surface area contributed by atoms with E-state index >= 15 is 0 Å². The smallest absolute Gasteiger partial charge is 0.323 e. The average Bonchev–Trinajstić information content (AvgIpc) is 3.19. The maximum absolute atomic E-state index is 14.0. The zero-order valence-corrected chi connectivity index (χ0v) is 18.6. The molecule has 0 unspecified atom stereocenters. The summed E-state index contributed by atoms with van der Waals surface area (Å²) in [6, 6.07) is 4.16. The van der Waals surface area contributed by atoms with E-state index < -0.39 is 21.6 Å². The van der Waals surface area contributed by atoms with Crippen LogP contribution in [0, 0.1) is 12.7 Å². The second-order valence-corrected chi connectivity index (χ2v) is 9.05. The number of hydrogen-bond acceptors (Lipinski definition) is 4. The van der Waals surface area contributed by atoms with Gasteiger partial charge < -0.3 is 14.2 Å². The van der Waals surface area contributed by atoms with Crippen LogP contribution in [0.2, 0.25) is 0 Å². The van der Waals surface area contributed by atoms with Gasteiger partial charge in [-0.3, -0.25) is 4.79 Å². The second-order valence-electron chi connectivity index (χ2n) is 7.18. The van der Waals surface area contributed by atoms with Crippen molar-refractivity contribution in [3.8, 4) is 0 Å². The molecule has 0 aliphatic carbocycles. The van der Waals surface area contributed by atoms with Crippen molar-refractivity contribution in [3.63, 3.8) is 0 Å². The van der Waals surface area contributed by atoms with Gasteiger partial charge in [0.25, 0.3) is 0 Å². The topological polar surface area (TPSA) is 94.2 Å². The maximum Gasteiger partial charge on any atom is 0.323 e. The van der Waals surface area contributed by atoms with E-state index in [0.29, 0.717) is 27.9 Å². The molecule has 0 aliphatic heterocycles. The van der Waals surface area contributed by atoms with Crippen LogP contribution >= 0.6 is 0 Å². The Bertz CT molecular complexity index is 1330. The lowest BCUT2D eigenvalue weighted by Crippen LogP contribution is -2.11. The fraction of sp³-hybridized carbons (Fsp3) is 0.273. The summed E-state index contributed by atoms with van der Waals surface area (Å²) < 4.78 is 43.6. The molecule has 2 heterocycles. The highest BCUT2D eigenvalue weighted by molar-refractivity contribution is 7.95. The number of aliphatic carboxylic acids is 1. The van der Waals surface area contributed by atoms with Gasteiger partial charge in [-0.05, 0) is 50.6 Å². The molecule has 9 heteroatoms. The largest absolute Gasteiger partial charge is 0.480 e. The van der Waals surface area contributed by atoms with E-state index in [1.165, 1.54) is 36.7 Å². The van der Waals surface area contributed by atoms with Crippen LogP contribution < -0.4 is 0 Å². The number of allylic oxidation sites excluding steroid dienone is 3. The highest BCUT2D eigenvalue weighted by atomic mass is 32.2. The van der Waals surface area contributed by atoms with E-state index in [4.69, 9.17) is 0 Å². The summed E-state index contributed by atoms with van der Waals surface area (Å²) >= 11 is 0. The highest BCUT2D eigenvalue weighted by Crippen LogP contribution is 2.31. The Morgan fingerprint density at radius 1 is 1.29 bits per heavy atom. The summed E-state index contributed by atoms with van der Waals surface area (Å²) in [6.45, 7) is 4.84. The normalized spacial score (nSPS) is 12.9. The van der Waals surface area contributed by atoms with Gasteiger partial charge in [-0.1, -0.05) is 12.2 Å². The zero-order chi connectivity index (χ0) is 22.9. The van der Waals surface area contributed by atoms with Gasteiger partial charge in [-0.2, -0.15) is 0 Å². The van der Waals surface area contributed by atoms with Gasteiger partial charge in [-0.25, -0.2) is 17.8 Å². The van der Waals surface area contributed by atoms with Gasteiger partial charge >= 0.3 is 5.97 Å². The van der Waals surface area contributed by atoms with Crippen molar-refractivity contribution in [2.45, 2.75) is 38.8 Å². The molecule has 0 fully saturated rings. The first-order valence-electron chi connectivity index (χ1n) is 9.65. The first-order chi connectivity index (χ1) is 14.6. The van der Waals surface area contributed by atoms with Crippen molar-refractivity contribution in [2.24, 2.45) is 7.05 Å². The molecule has 3 aromatic rings. The van der Waals surface area contributed by atoms with Gasteiger partial charge in [0.05, 0.1) is 16.9 Å². The fourth-order valence-electron chi connectivity index (χ4n) is 3.73. The molecule has 0 radical (unpaired) electrons. The minimum Gasteiger partial charge on any atom is -0.480 e. The van der Waals surface area contributed by atoms with E-state index in [-0.39, 0.29) is 22.9 Å². The van der Waals surface area contributed by atoms with E-state index in [0.717, 1.165) is 0 Å². The SMILES string of the molecule is CC=CC(=CC)S(=O)(=O)c1ncn(C)c1Cc1c(C)n(CC(=O)O)c2ccc(F)cc12. The number of imidazole rings is 1. The number of nitrogens with zero attached hydrogens (tertiary/aromatic N) is 3. The standard InChI is InChI=1S/C22H24FN3O4S/c1-5-7-16(6-2)31(29,30)22-20(25(4)13-24-22)11-17-14(3)26(12-21(27)28)19-9-8-15(23)10-18(17)19/h5-10,13H,11-12H2,1-4H3,(H,27,28). The highest BCUT2D eigenvalue weighted by Gasteiger charge is 2.27. The summed E-state index contributed by atoms with van der Waals surface area (Å²) in [5.41, 5.74) is 2.30. The number of rotatable bonds is 7. The van der Waals surface area contributed by atoms with Crippen LogP contribution in [0.25, 0.3) is 10.9 Å². The number of carboxylic acid groups (broad SMARTS) is 1. The number of aromatic nitrogens is 3. The number of sulfone groups is 1. The van der Waals surface area contributed by atoms with Gasteiger partial charge in [0.2, 0.25) is 9.84 Å². The van der Waals surface area contributed by atoms with Crippen molar-refractivity contribution < 1.29 is 22.7 Å². The van der Waals surface area contributed by atoms with Crippen molar-refractivity contribution in [1.82, 2.24) is 14.1 Å². The van der Waals surface area contributed by atoms with E-state index in [2.05, 4.69) is 4.98 Å². The summed E-state index contributed by atoms with van der Waals surface area (Å²) in [6.07, 6.45) is 6.23. The Kier molecular flexibility index (Phi) is 6.17. The van der Waals surface area contributed by atoms with Crippen molar-refractivity contribution in [3.05, 3.63) is 70.4 Å². The molecule has 1 aromatic carbocycles. The minimum atomic E-state index is -3.86. The molecule has 0 atom stereocenters. The summed E-state index contributed by atoms with van der Waals surface area (Å²) in [5, 5.41) is 9.78. The molecule has 31 heavy (non-hydrogen) atoms. The Balaban J connectivity index is 2.22. The quantitative estimate of drug-likeness (QED) is 0.559. The van der Waals surface area contributed by atoms with Crippen LogP contribution in [0.1, 0.15) is 30.8 Å². The Labute approximate surface area is 180 Å². The molecule has 7 nitrogen and oxygen atoms in total. The van der Waals surface area contributed by atoms with Crippen LogP contribution in [0.5, 0.6) is 0 Å². The average molecular weight is 446 g/mol. The van der Waals surface area contributed by atoms with Gasteiger partial charge in [0.15, 0.2) is 5.03 Å². The monoisotopic (exact) mass is 445 g/mol.